The van der Waals surface area contributed by atoms with E-state index in [0.29, 0.717) is 17.8 Å². The van der Waals surface area contributed by atoms with Gasteiger partial charge in [0.15, 0.2) is 0 Å². The van der Waals surface area contributed by atoms with Gasteiger partial charge < -0.3 is 25.4 Å². The maximum Gasteiger partial charge on any atom is 0.425 e. The predicted octanol–water partition coefficient (Wildman–Crippen LogP) is 6.90. The Bertz CT molecular complexity index is 1740. The van der Waals surface area contributed by atoms with Crippen LogP contribution in [0, 0.1) is 0 Å². The molecule has 2 aliphatic heterocycles. The maximum absolute atomic E-state index is 14.8. The number of nitrogens with two attached hydrogens (primary N) is 1. The van der Waals surface area contributed by atoms with Crippen molar-refractivity contribution in [2.24, 2.45) is 5.73 Å². The molecule has 276 valence electrons. The molecular weight excluding hydrogens is 702 g/mol. The Hall–Kier alpha value is -4.18. The van der Waals surface area contributed by atoms with Gasteiger partial charge in [-0.25, -0.2) is 0 Å². The molecule has 51 heavy (non-hydrogen) atoms. The summed E-state index contributed by atoms with van der Waals surface area (Å²) in [4.78, 5) is 45.5. The summed E-state index contributed by atoms with van der Waals surface area (Å²) >= 11 is 0.375. The Labute approximate surface area is 294 Å². The van der Waals surface area contributed by atoms with E-state index in [2.05, 4.69) is 4.98 Å². The van der Waals surface area contributed by atoms with Crippen molar-refractivity contribution in [1.29, 1.82) is 0 Å². The zero-order valence-corrected chi connectivity index (χ0v) is 28.5. The van der Waals surface area contributed by atoms with E-state index in [4.69, 9.17) is 10.5 Å². The van der Waals surface area contributed by atoms with Gasteiger partial charge in [-0.05, 0) is 55.4 Å². The first-order valence-corrected chi connectivity index (χ1v) is 17.4. The van der Waals surface area contributed by atoms with Crippen molar-refractivity contribution in [2.75, 3.05) is 19.6 Å². The number of likely N-dealkylation sites (tertiary alicyclic amines) is 2. The molecule has 16 heteroatoms. The fraction of sp³-hybridized carbons (Fsp3) is 0.486. The van der Waals surface area contributed by atoms with Gasteiger partial charge in [-0.15, -0.1) is 11.3 Å². The van der Waals surface area contributed by atoms with Crippen LogP contribution in [0.5, 0.6) is 5.75 Å². The summed E-state index contributed by atoms with van der Waals surface area (Å²) in [5, 5.41) is 10.4. The fourth-order valence-electron chi connectivity index (χ4n) is 7.19. The molecule has 5 rings (SSSR count). The first kappa shape index (κ1) is 38.1. The van der Waals surface area contributed by atoms with E-state index in [-0.39, 0.29) is 70.3 Å². The van der Waals surface area contributed by atoms with Crippen molar-refractivity contribution < 1.29 is 50.6 Å². The van der Waals surface area contributed by atoms with Gasteiger partial charge >= 0.3 is 18.3 Å². The number of hydrogen-bond donors (Lipinski definition) is 2. The van der Waals surface area contributed by atoms with Gasteiger partial charge in [0.2, 0.25) is 5.60 Å². The highest BCUT2D eigenvalue weighted by Crippen LogP contribution is 2.43. The van der Waals surface area contributed by atoms with E-state index < -0.39 is 63.5 Å². The summed E-state index contributed by atoms with van der Waals surface area (Å²) < 4.78 is 89.2. The van der Waals surface area contributed by atoms with Crippen LogP contribution in [0.2, 0.25) is 0 Å². The van der Waals surface area contributed by atoms with E-state index in [1.165, 1.54) is 4.90 Å². The Morgan fingerprint density at radius 3 is 2.35 bits per heavy atom. The Morgan fingerprint density at radius 2 is 1.73 bits per heavy atom. The lowest BCUT2D eigenvalue weighted by atomic mass is 9.76. The molecule has 2 amide bonds. The molecule has 2 atom stereocenters. The molecule has 0 unspecified atom stereocenters. The topological polar surface area (TPSA) is 126 Å². The second-order valence-electron chi connectivity index (χ2n) is 12.9. The van der Waals surface area contributed by atoms with Gasteiger partial charge in [0.1, 0.15) is 16.3 Å². The van der Waals surface area contributed by atoms with Gasteiger partial charge in [0.25, 0.3) is 11.8 Å². The number of piperidine rings is 2. The molecule has 0 aliphatic carbocycles. The minimum atomic E-state index is -4.90. The number of halogens is 6. The van der Waals surface area contributed by atoms with Crippen LogP contribution < -0.4 is 10.5 Å². The van der Waals surface area contributed by atoms with Crippen LogP contribution >= 0.6 is 11.3 Å². The SMILES string of the molecule is CCC[C@H]1N(C(=O)c2ncccc2C(F)(F)F)CCC[C@@]1(Oc1csc(C(F)(F)F)c1)C(=O)N1CCC(N)(c2ccccc2CCC(=O)O)CC1. The van der Waals surface area contributed by atoms with Crippen LogP contribution in [-0.4, -0.2) is 69.0 Å². The van der Waals surface area contributed by atoms with Crippen LogP contribution in [0.25, 0.3) is 0 Å². The van der Waals surface area contributed by atoms with Crippen molar-refractivity contribution >= 4 is 29.1 Å². The van der Waals surface area contributed by atoms with Gasteiger partial charge in [-0.2, -0.15) is 26.3 Å². The highest BCUT2D eigenvalue weighted by atomic mass is 32.1. The van der Waals surface area contributed by atoms with Crippen molar-refractivity contribution in [2.45, 2.75) is 87.8 Å². The number of aliphatic carboxylic acids is 1. The summed E-state index contributed by atoms with van der Waals surface area (Å²) in [6.45, 7) is 1.91. The standard InChI is InChI=1S/C35H38F6N4O5S/c1-2-7-26-33(50-23-20-27(51-21-23)35(39,40)41,13-6-17-45(26)30(48)29-25(34(36,37)38)10-5-16-43-29)31(49)44-18-14-32(42,15-19-44)24-9-4-3-8-22(24)11-12-28(46)47/h3-5,8-10,16,20-21,26H,2,6-7,11-15,17-19,42H2,1H3,(H,46,47)/t26-,33+/m1/s1. The number of benzene rings is 1. The lowest BCUT2D eigenvalue weighted by Crippen LogP contribution is -2.69. The third-order valence-corrected chi connectivity index (χ3v) is 10.6. The van der Waals surface area contributed by atoms with Crippen molar-refractivity contribution in [3.63, 3.8) is 0 Å². The number of thiophene rings is 1. The number of ether oxygens (including phenoxy) is 1. The average molecular weight is 741 g/mol. The van der Waals surface area contributed by atoms with E-state index in [1.54, 1.807) is 25.1 Å². The maximum atomic E-state index is 14.8. The molecule has 0 saturated carbocycles. The molecule has 1 aromatic carbocycles. The molecule has 3 N–H and O–H groups in total. The summed E-state index contributed by atoms with van der Waals surface area (Å²) in [5.74, 6) is -2.89. The van der Waals surface area contributed by atoms with E-state index in [0.717, 1.165) is 45.8 Å². The summed E-state index contributed by atoms with van der Waals surface area (Å²) in [6, 6.07) is 8.62. The van der Waals surface area contributed by atoms with Crippen LogP contribution in [0.15, 0.2) is 54.0 Å². The Morgan fingerprint density at radius 1 is 1.02 bits per heavy atom. The first-order valence-electron chi connectivity index (χ1n) is 16.6. The van der Waals surface area contributed by atoms with E-state index >= 15 is 0 Å². The molecule has 2 aromatic heterocycles. The van der Waals surface area contributed by atoms with Gasteiger partial charge in [-0.3, -0.25) is 19.4 Å². The quantitative estimate of drug-likeness (QED) is 0.217. The molecular formula is C35H38F6N4O5S. The zero-order valence-electron chi connectivity index (χ0n) is 27.7. The second kappa shape index (κ2) is 14.8. The van der Waals surface area contributed by atoms with Crippen molar-refractivity contribution in [3.05, 3.63) is 81.3 Å². The third kappa shape index (κ3) is 8.01. The molecule has 2 aliphatic rings. The summed E-state index contributed by atoms with van der Waals surface area (Å²) in [7, 11) is 0. The highest BCUT2D eigenvalue weighted by Gasteiger charge is 2.56. The molecule has 2 fully saturated rings. The largest absolute Gasteiger partial charge is 0.481 e. The monoisotopic (exact) mass is 740 g/mol. The number of rotatable bonds is 10. The minimum absolute atomic E-state index is 0.0197. The Balaban J connectivity index is 1.51. The summed E-state index contributed by atoms with van der Waals surface area (Å²) in [6.07, 6.45) is -7.35. The fourth-order valence-corrected chi connectivity index (χ4v) is 7.86. The molecule has 3 aromatic rings. The van der Waals surface area contributed by atoms with Crippen molar-refractivity contribution in [1.82, 2.24) is 14.8 Å². The number of nitrogens with zero attached hydrogens (tertiary/aromatic N) is 3. The number of carbonyl (C=O) groups excluding carboxylic acids is 2. The smallest absolute Gasteiger partial charge is 0.425 e. The van der Waals surface area contributed by atoms with E-state index in [9.17, 15) is 45.8 Å². The minimum Gasteiger partial charge on any atom is -0.481 e. The number of carboxylic acids is 1. The first-order chi connectivity index (χ1) is 24.0. The number of alkyl halides is 6. The third-order valence-electron chi connectivity index (χ3n) is 9.62. The number of aromatic nitrogens is 1. The van der Waals surface area contributed by atoms with Gasteiger partial charge in [0, 0.05) is 55.7 Å². The molecule has 0 bridgehead atoms. The summed E-state index contributed by atoms with van der Waals surface area (Å²) in [5.41, 5.74) is 3.43. The van der Waals surface area contributed by atoms with Crippen LogP contribution in [0.1, 0.15) is 83.9 Å². The lowest BCUT2D eigenvalue weighted by molar-refractivity contribution is -0.161. The highest BCUT2D eigenvalue weighted by molar-refractivity contribution is 7.10. The number of hydrogen-bond acceptors (Lipinski definition) is 7. The van der Waals surface area contributed by atoms with E-state index in [1.807, 2.05) is 6.07 Å². The molecule has 4 heterocycles. The number of carboxylic acid groups (broad SMARTS) is 1. The molecule has 0 spiro atoms. The lowest BCUT2D eigenvalue weighted by Gasteiger charge is -2.51. The van der Waals surface area contributed by atoms with Gasteiger partial charge in [-0.1, -0.05) is 37.6 Å². The zero-order chi connectivity index (χ0) is 37.2. The second-order valence-corrected chi connectivity index (χ2v) is 13.9. The van der Waals surface area contributed by atoms with Crippen LogP contribution in [-0.2, 0) is 33.9 Å². The predicted molar refractivity (Wildman–Crippen MR) is 175 cm³/mol. The number of pyridine rings is 1. The molecule has 9 nitrogen and oxygen atoms in total. The van der Waals surface area contributed by atoms with Gasteiger partial charge in [0.05, 0.1) is 11.6 Å². The molecule has 0 radical (unpaired) electrons. The Kier molecular flexibility index (Phi) is 11.1. The van der Waals surface area contributed by atoms with Crippen molar-refractivity contribution in [3.8, 4) is 5.75 Å². The number of aryl methyl sites for hydroxylation is 1. The van der Waals surface area contributed by atoms with Crippen LogP contribution in [0.3, 0.4) is 0 Å². The number of carbonyl (C=O) groups is 3. The van der Waals surface area contributed by atoms with Crippen LogP contribution in [0.4, 0.5) is 26.3 Å². The normalized spacial score (nSPS) is 21.0. The average Bonchev–Trinajstić information content (AvgIpc) is 3.57. The molecule has 2 saturated heterocycles. The number of amides is 2.